The molecule has 0 saturated carbocycles. The molecule has 1 heterocycles. The monoisotopic (exact) mass is 195 g/mol. The van der Waals surface area contributed by atoms with Crippen molar-refractivity contribution in [3.8, 4) is 0 Å². The maximum absolute atomic E-state index is 10.8. The second-order valence-corrected chi connectivity index (χ2v) is 3.33. The van der Waals surface area contributed by atoms with Crippen LogP contribution in [0.4, 0.5) is 5.69 Å². The van der Waals surface area contributed by atoms with Gasteiger partial charge in [0.2, 0.25) is 0 Å². The van der Waals surface area contributed by atoms with Crippen LogP contribution in [-0.4, -0.2) is 27.1 Å². The Hall–Kier alpha value is -1.65. The summed E-state index contributed by atoms with van der Waals surface area (Å²) in [6.45, 7) is 3.69. The number of hydrogen-bond donors (Lipinski definition) is 2. The molecule has 0 aromatic carbocycles. The molecule has 0 bridgehead atoms. The fraction of sp³-hybridized carbons (Fsp3) is 0.444. The minimum absolute atomic E-state index is 0.00714. The van der Waals surface area contributed by atoms with E-state index >= 15 is 0 Å². The van der Waals surface area contributed by atoms with Crippen LogP contribution in [0, 0.1) is 5.92 Å². The van der Waals surface area contributed by atoms with E-state index in [0.29, 0.717) is 5.69 Å². The van der Waals surface area contributed by atoms with Crippen molar-refractivity contribution in [2.24, 2.45) is 5.92 Å². The summed E-state index contributed by atoms with van der Waals surface area (Å²) >= 11 is 0. The summed E-state index contributed by atoms with van der Waals surface area (Å²) in [4.78, 5) is 18.4. The van der Waals surface area contributed by atoms with Crippen molar-refractivity contribution >= 4 is 11.7 Å². The zero-order valence-corrected chi connectivity index (χ0v) is 8.14. The Morgan fingerprint density at radius 2 is 2.00 bits per heavy atom. The standard InChI is InChI=1S/C9H13N3O2/c1-6(2)8(9(13)14)12-7-3-10-5-11-4-7/h3-6,8,12H,1-2H3,(H,13,14)/t8-/m1/s1. The molecule has 5 nitrogen and oxygen atoms in total. The number of carboxylic acids is 1. The molecule has 0 aliphatic carbocycles. The molecule has 0 saturated heterocycles. The van der Waals surface area contributed by atoms with Gasteiger partial charge in [0.05, 0.1) is 18.1 Å². The van der Waals surface area contributed by atoms with E-state index in [1.165, 1.54) is 6.33 Å². The van der Waals surface area contributed by atoms with Crippen LogP contribution in [0.1, 0.15) is 13.8 Å². The first-order chi connectivity index (χ1) is 6.61. The van der Waals surface area contributed by atoms with E-state index in [4.69, 9.17) is 5.11 Å². The Morgan fingerprint density at radius 3 is 2.43 bits per heavy atom. The van der Waals surface area contributed by atoms with Gasteiger partial charge in [-0.1, -0.05) is 13.8 Å². The van der Waals surface area contributed by atoms with Crippen LogP contribution >= 0.6 is 0 Å². The molecule has 0 fully saturated rings. The molecule has 0 unspecified atom stereocenters. The predicted octanol–water partition coefficient (Wildman–Crippen LogP) is 0.998. The van der Waals surface area contributed by atoms with E-state index in [0.717, 1.165) is 0 Å². The van der Waals surface area contributed by atoms with Gasteiger partial charge in [0.25, 0.3) is 0 Å². The molecule has 2 N–H and O–H groups in total. The van der Waals surface area contributed by atoms with Gasteiger partial charge in [-0.15, -0.1) is 0 Å². The van der Waals surface area contributed by atoms with Crippen molar-refractivity contribution in [3.05, 3.63) is 18.7 Å². The molecule has 0 amide bonds. The lowest BCUT2D eigenvalue weighted by molar-refractivity contribution is -0.138. The van der Waals surface area contributed by atoms with Crippen molar-refractivity contribution < 1.29 is 9.90 Å². The normalized spacial score (nSPS) is 12.5. The topological polar surface area (TPSA) is 75.1 Å². The molecule has 0 aliphatic heterocycles. The number of aromatic nitrogens is 2. The van der Waals surface area contributed by atoms with Gasteiger partial charge in [-0.2, -0.15) is 0 Å². The Bertz CT molecular complexity index is 300. The van der Waals surface area contributed by atoms with E-state index in [1.807, 2.05) is 13.8 Å². The summed E-state index contributed by atoms with van der Waals surface area (Å²) in [6.07, 6.45) is 4.49. The van der Waals surface area contributed by atoms with Crippen molar-refractivity contribution in [1.82, 2.24) is 9.97 Å². The molecule has 1 rings (SSSR count). The maximum Gasteiger partial charge on any atom is 0.326 e. The number of carbonyl (C=O) groups is 1. The van der Waals surface area contributed by atoms with Crippen LogP contribution in [0.5, 0.6) is 0 Å². The van der Waals surface area contributed by atoms with Gasteiger partial charge >= 0.3 is 5.97 Å². The molecule has 14 heavy (non-hydrogen) atoms. The number of aliphatic carboxylic acids is 1. The highest BCUT2D eigenvalue weighted by Gasteiger charge is 2.20. The number of hydrogen-bond acceptors (Lipinski definition) is 4. The summed E-state index contributed by atoms with van der Waals surface area (Å²) in [6, 6.07) is -0.610. The smallest absolute Gasteiger partial charge is 0.326 e. The van der Waals surface area contributed by atoms with E-state index in [1.54, 1.807) is 12.4 Å². The molecule has 76 valence electrons. The molecule has 1 atom stereocenters. The van der Waals surface area contributed by atoms with E-state index < -0.39 is 12.0 Å². The first kappa shape index (κ1) is 10.4. The lowest BCUT2D eigenvalue weighted by Gasteiger charge is -2.18. The molecule has 5 heteroatoms. The maximum atomic E-state index is 10.8. The van der Waals surface area contributed by atoms with E-state index in [2.05, 4.69) is 15.3 Å². The van der Waals surface area contributed by atoms with Crippen LogP contribution in [0.15, 0.2) is 18.7 Å². The third kappa shape index (κ3) is 2.69. The van der Waals surface area contributed by atoms with Gasteiger partial charge in [-0.25, -0.2) is 14.8 Å². The fourth-order valence-electron chi connectivity index (χ4n) is 1.07. The number of rotatable bonds is 4. The fourth-order valence-corrected chi connectivity index (χ4v) is 1.07. The second kappa shape index (κ2) is 4.55. The average Bonchev–Trinajstić information content (AvgIpc) is 2.15. The minimum atomic E-state index is -0.871. The predicted molar refractivity (Wildman–Crippen MR) is 51.9 cm³/mol. The highest BCUT2D eigenvalue weighted by Crippen LogP contribution is 2.10. The Balaban J connectivity index is 2.70. The number of nitrogens with one attached hydrogen (secondary N) is 1. The molecule has 1 aromatic rings. The Morgan fingerprint density at radius 1 is 1.43 bits per heavy atom. The number of anilines is 1. The van der Waals surface area contributed by atoms with E-state index in [9.17, 15) is 4.79 Å². The number of nitrogens with zero attached hydrogens (tertiary/aromatic N) is 2. The van der Waals surface area contributed by atoms with Crippen LogP contribution < -0.4 is 5.32 Å². The zero-order chi connectivity index (χ0) is 10.6. The largest absolute Gasteiger partial charge is 0.480 e. The summed E-state index contributed by atoms with van der Waals surface area (Å²) < 4.78 is 0. The molecular formula is C9H13N3O2. The van der Waals surface area contributed by atoms with Gasteiger partial charge in [-0.3, -0.25) is 0 Å². The van der Waals surface area contributed by atoms with Crippen molar-refractivity contribution in [2.75, 3.05) is 5.32 Å². The van der Waals surface area contributed by atoms with Crippen molar-refractivity contribution in [1.29, 1.82) is 0 Å². The first-order valence-electron chi connectivity index (χ1n) is 4.35. The van der Waals surface area contributed by atoms with Gasteiger partial charge in [-0.05, 0) is 5.92 Å². The summed E-state index contributed by atoms with van der Waals surface area (Å²) in [7, 11) is 0. The van der Waals surface area contributed by atoms with Gasteiger partial charge in [0.1, 0.15) is 12.4 Å². The zero-order valence-electron chi connectivity index (χ0n) is 8.14. The van der Waals surface area contributed by atoms with Crippen LogP contribution in [0.2, 0.25) is 0 Å². The summed E-state index contributed by atoms with van der Waals surface area (Å²) in [5, 5.41) is 11.8. The molecule has 0 aliphatic rings. The van der Waals surface area contributed by atoms with E-state index in [-0.39, 0.29) is 5.92 Å². The highest BCUT2D eigenvalue weighted by molar-refractivity contribution is 5.77. The van der Waals surface area contributed by atoms with Crippen molar-refractivity contribution in [2.45, 2.75) is 19.9 Å². The molecule has 1 aromatic heterocycles. The van der Waals surface area contributed by atoms with Crippen LogP contribution in [0.25, 0.3) is 0 Å². The first-order valence-corrected chi connectivity index (χ1v) is 4.35. The minimum Gasteiger partial charge on any atom is -0.480 e. The Labute approximate surface area is 82.2 Å². The average molecular weight is 195 g/mol. The molecular weight excluding hydrogens is 182 g/mol. The van der Waals surface area contributed by atoms with Gasteiger partial charge in [0, 0.05) is 0 Å². The SMILES string of the molecule is CC(C)[C@@H](Nc1cncnc1)C(=O)O. The second-order valence-electron chi connectivity index (χ2n) is 3.33. The third-order valence-electron chi connectivity index (χ3n) is 1.82. The van der Waals surface area contributed by atoms with Gasteiger partial charge in [0.15, 0.2) is 0 Å². The quantitative estimate of drug-likeness (QED) is 0.749. The highest BCUT2D eigenvalue weighted by atomic mass is 16.4. The number of carboxylic acid groups (broad SMARTS) is 1. The van der Waals surface area contributed by atoms with Crippen LogP contribution in [-0.2, 0) is 4.79 Å². The Kier molecular flexibility index (Phi) is 3.39. The van der Waals surface area contributed by atoms with Gasteiger partial charge < -0.3 is 10.4 Å². The summed E-state index contributed by atoms with van der Waals surface area (Å²) in [5.74, 6) is -0.864. The third-order valence-corrected chi connectivity index (χ3v) is 1.82. The molecule has 0 spiro atoms. The molecule has 0 radical (unpaired) electrons. The lowest BCUT2D eigenvalue weighted by atomic mass is 10.0. The van der Waals surface area contributed by atoms with Crippen LogP contribution in [0.3, 0.4) is 0 Å². The lowest BCUT2D eigenvalue weighted by Crippen LogP contribution is -2.34. The summed E-state index contributed by atoms with van der Waals surface area (Å²) in [5.41, 5.74) is 0.619. The van der Waals surface area contributed by atoms with Crippen molar-refractivity contribution in [3.63, 3.8) is 0 Å².